The van der Waals surface area contributed by atoms with Gasteiger partial charge in [0.1, 0.15) is 6.54 Å². The summed E-state index contributed by atoms with van der Waals surface area (Å²) in [6, 6.07) is 17.7. The fraction of sp³-hybridized carbons (Fsp3) is 0.176. The van der Waals surface area contributed by atoms with E-state index >= 15 is 0 Å². The largest absolute Gasteiger partial charge is 0.359 e. The van der Waals surface area contributed by atoms with Crippen LogP contribution in [0, 0.1) is 0 Å². The van der Waals surface area contributed by atoms with Crippen molar-refractivity contribution in [1.82, 2.24) is 14.9 Å². The highest BCUT2D eigenvalue weighted by Crippen LogP contribution is 2.18. The maximum absolute atomic E-state index is 12.2. The van der Waals surface area contributed by atoms with Crippen LogP contribution in [0.15, 0.2) is 54.6 Å². The Bertz CT molecular complexity index is 780. The van der Waals surface area contributed by atoms with Gasteiger partial charge in [-0.3, -0.25) is 4.79 Å². The van der Waals surface area contributed by atoms with Gasteiger partial charge in [-0.05, 0) is 17.7 Å². The van der Waals surface area contributed by atoms with Gasteiger partial charge in [0.2, 0.25) is 11.9 Å². The van der Waals surface area contributed by atoms with Crippen LogP contribution >= 0.6 is 0 Å². The maximum atomic E-state index is 12.2. The van der Waals surface area contributed by atoms with Gasteiger partial charge in [-0.1, -0.05) is 42.5 Å². The van der Waals surface area contributed by atoms with Crippen molar-refractivity contribution in [1.29, 1.82) is 0 Å². The van der Waals surface area contributed by atoms with Gasteiger partial charge in [0.25, 0.3) is 0 Å². The number of nitrogens with zero attached hydrogens (tertiary/aromatic N) is 2. The number of hydrogen-bond acceptors (Lipinski definition) is 3. The monoisotopic (exact) mass is 294 g/mol. The van der Waals surface area contributed by atoms with Gasteiger partial charge in [0.15, 0.2) is 0 Å². The summed E-state index contributed by atoms with van der Waals surface area (Å²) >= 11 is 0. The first-order valence-electron chi connectivity index (χ1n) is 7.21. The molecule has 1 amide bonds. The molecule has 3 rings (SSSR count). The van der Waals surface area contributed by atoms with E-state index in [4.69, 9.17) is 0 Å². The number of benzene rings is 2. The molecule has 0 spiro atoms. The predicted octanol–water partition coefficient (Wildman–Crippen LogP) is 2.39. The van der Waals surface area contributed by atoms with Crippen molar-refractivity contribution in [2.24, 2.45) is 0 Å². The highest BCUT2D eigenvalue weighted by atomic mass is 16.1. The van der Waals surface area contributed by atoms with E-state index in [1.54, 1.807) is 7.05 Å². The summed E-state index contributed by atoms with van der Waals surface area (Å²) in [5.74, 6) is 0.652. The molecule has 0 aliphatic heterocycles. The molecule has 0 fully saturated rings. The highest BCUT2D eigenvalue weighted by molar-refractivity contribution is 5.83. The van der Waals surface area contributed by atoms with Gasteiger partial charge in [-0.2, -0.15) is 0 Å². The molecule has 0 saturated heterocycles. The normalized spacial score (nSPS) is 10.6. The van der Waals surface area contributed by atoms with Gasteiger partial charge < -0.3 is 15.2 Å². The number of hydrogen-bond donors (Lipinski definition) is 2. The zero-order chi connectivity index (χ0) is 15.4. The molecule has 1 heterocycles. The quantitative estimate of drug-likeness (QED) is 0.759. The summed E-state index contributed by atoms with van der Waals surface area (Å²) in [7, 11) is 1.81. The van der Waals surface area contributed by atoms with Crippen LogP contribution in [-0.2, 0) is 17.9 Å². The van der Waals surface area contributed by atoms with E-state index in [9.17, 15) is 4.79 Å². The van der Waals surface area contributed by atoms with Gasteiger partial charge in [-0.25, -0.2) is 4.98 Å². The molecule has 112 valence electrons. The van der Waals surface area contributed by atoms with E-state index in [0.29, 0.717) is 12.5 Å². The third-order valence-corrected chi connectivity index (χ3v) is 3.51. The van der Waals surface area contributed by atoms with Crippen LogP contribution in [0.5, 0.6) is 0 Å². The molecule has 0 bridgehead atoms. The third-order valence-electron chi connectivity index (χ3n) is 3.51. The zero-order valence-electron chi connectivity index (χ0n) is 12.4. The molecule has 1 aromatic heterocycles. The number of carbonyl (C=O) groups excluding carboxylic acids is 1. The zero-order valence-corrected chi connectivity index (χ0v) is 12.4. The van der Waals surface area contributed by atoms with Crippen molar-refractivity contribution in [2.45, 2.75) is 13.1 Å². The summed E-state index contributed by atoms with van der Waals surface area (Å²) in [6.07, 6.45) is 0. The number of rotatable bonds is 5. The molecular formula is C17H18N4O. The SMILES string of the molecule is CNc1nc2ccccc2n1CC(=O)NCc1ccccc1. The number of carbonyl (C=O) groups is 1. The molecule has 5 nitrogen and oxygen atoms in total. The van der Waals surface area contributed by atoms with Crippen LogP contribution in [0.25, 0.3) is 11.0 Å². The molecule has 2 aromatic carbocycles. The molecular weight excluding hydrogens is 276 g/mol. The Morgan fingerprint density at radius 1 is 1.09 bits per heavy atom. The van der Waals surface area contributed by atoms with Crippen LogP contribution in [0.2, 0.25) is 0 Å². The average molecular weight is 294 g/mol. The Hall–Kier alpha value is -2.82. The van der Waals surface area contributed by atoms with E-state index in [1.165, 1.54) is 0 Å². The first kappa shape index (κ1) is 14.1. The Morgan fingerprint density at radius 2 is 1.82 bits per heavy atom. The van der Waals surface area contributed by atoms with Crippen molar-refractivity contribution in [3.8, 4) is 0 Å². The van der Waals surface area contributed by atoms with Crippen LogP contribution < -0.4 is 10.6 Å². The third kappa shape index (κ3) is 2.93. The Kier molecular flexibility index (Phi) is 4.05. The van der Waals surface area contributed by atoms with E-state index in [2.05, 4.69) is 15.6 Å². The fourth-order valence-corrected chi connectivity index (χ4v) is 2.42. The number of imidazole rings is 1. The van der Waals surface area contributed by atoms with Gasteiger partial charge in [-0.15, -0.1) is 0 Å². The number of nitrogens with one attached hydrogen (secondary N) is 2. The van der Waals surface area contributed by atoms with Crippen molar-refractivity contribution in [3.05, 3.63) is 60.2 Å². The van der Waals surface area contributed by atoms with Crippen LogP contribution in [-0.4, -0.2) is 22.5 Å². The van der Waals surface area contributed by atoms with E-state index < -0.39 is 0 Å². The Balaban J connectivity index is 1.73. The molecule has 0 aliphatic rings. The molecule has 0 saturated carbocycles. The van der Waals surface area contributed by atoms with Crippen LogP contribution in [0.4, 0.5) is 5.95 Å². The maximum Gasteiger partial charge on any atom is 0.240 e. The molecule has 2 N–H and O–H groups in total. The number of aromatic nitrogens is 2. The molecule has 0 unspecified atom stereocenters. The summed E-state index contributed by atoms with van der Waals surface area (Å²) in [5.41, 5.74) is 2.91. The van der Waals surface area contributed by atoms with Crippen LogP contribution in [0.1, 0.15) is 5.56 Å². The number of fused-ring (bicyclic) bond motifs is 1. The second kappa shape index (κ2) is 6.30. The lowest BCUT2D eigenvalue weighted by atomic mass is 10.2. The minimum atomic E-state index is -0.0384. The first-order chi connectivity index (χ1) is 10.8. The summed E-state index contributed by atoms with van der Waals surface area (Å²) < 4.78 is 1.88. The standard InChI is InChI=1S/C17H18N4O/c1-18-17-20-14-9-5-6-10-15(14)21(17)12-16(22)19-11-13-7-3-2-4-8-13/h2-10H,11-12H2,1H3,(H,18,20)(H,19,22). The first-order valence-corrected chi connectivity index (χ1v) is 7.21. The summed E-state index contributed by atoms with van der Waals surface area (Å²) in [4.78, 5) is 16.7. The molecule has 0 radical (unpaired) electrons. The van der Waals surface area contributed by atoms with Crippen LogP contribution in [0.3, 0.4) is 0 Å². The topological polar surface area (TPSA) is 59.0 Å². The Labute approximate surface area is 129 Å². The smallest absolute Gasteiger partial charge is 0.240 e. The van der Waals surface area contributed by atoms with E-state index in [1.807, 2.05) is 59.2 Å². The van der Waals surface area contributed by atoms with E-state index in [-0.39, 0.29) is 12.5 Å². The lowest BCUT2D eigenvalue weighted by Crippen LogP contribution is -2.27. The molecule has 0 atom stereocenters. The second-order valence-corrected chi connectivity index (χ2v) is 5.02. The molecule has 3 aromatic rings. The van der Waals surface area contributed by atoms with Crippen molar-refractivity contribution < 1.29 is 4.79 Å². The highest BCUT2D eigenvalue weighted by Gasteiger charge is 2.12. The number of amides is 1. The lowest BCUT2D eigenvalue weighted by Gasteiger charge is -2.09. The van der Waals surface area contributed by atoms with Gasteiger partial charge in [0, 0.05) is 13.6 Å². The molecule has 0 aliphatic carbocycles. The van der Waals surface area contributed by atoms with Gasteiger partial charge in [0.05, 0.1) is 11.0 Å². The minimum Gasteiger partial charge on any atom is -0.359 e. The number of anilines is 1. The molecule has 22 heavy (non-hydrogen) atoms. The average Bonchev–Trinajstić information content (AvgIpc) is 2.92. The van der Waals surface area contributed by atoms with Crippen molar-refractivity contribution in [2.75, 3.05) is 12.4 Å². The minimum absolute atomic E-state index is 0.0384. The number of para-hydroxylation sites is 2. The van der Waals surface area contributed by atoms with E-state index in [0.717, 1.165) is 16.6 Å². The lowest BCUT2D eigenvalue weighted by molar-refractivity contribution is -0.121. The summed E-state index contributed by atoms with van der Waals surface area (Å²) in [5, 5.41) is 5.97. The summed E-state index contributed by atoms with van der Waals surface area (Å²) in [6.45, 7) is 0.769. The fourth-order valence-electron chi connectivity index (χ4n) is 2.42. The molecule has 5 heteroatoms. The second-order valence-electron chi connectivity index (χ2n) is 5.02. The van der Waals surface area contributed by atoms with Gasteiger partial charge >= 0.3 is 0 Å². The van der Waals surface area contributed by atoms with Crippen molar-refractivity contribution >= 4 is 22.9 Å². The predicted molar refractivity (Wildman–Crippen MR) is 87.6 cm³/mol. The van der Waals surface area contributed by atoms with Crippen molar-refractivity contribution in [3.63, 3.8) is 0 Å². The Morgan fingerprint density at radius 3 is 2.59 bits per heavy atom.